The molecule has 0 aromatic heterocycles. The van der Waals surface area contributed by atoms with E-state index in [2.05, 4.69) is 6.92 Å². The molecule has 1 fully saturated rings. The molecule has 1 aliphatic rings. The van der Waals surface area contributed by atoms with E-state index < -0.39 is 12.1 Å². The first kappa shape index (κ1) is 20.6. The van der Waals surface area contributed by atoms with Gasteiger partial charge in [0.25, 0.3) is 0 Å². The van der Waals surface area contributed by atoms with Crippen LogP contribution in [-0.2, 0) is 9.59 Å². The number of hydrogen-bond acceptors (Lipinski definition) is 3. The van der Waals surface area contributed by atoms with E-state index in [-0.39, 0.29) is 18.3 Å². The van der Waals surface area contributed by atoms with Gasteiger partial charge in [0.1, 0.15) is 5.78 Å². The first-order valence-electron chi connectivity index (χ1n) is 9.30. The molecule has 0 radical (unpaired) electrons. The average Bonchev–Trinajstić information content (AvgIpc) is 2.89. The number of aliphatic hydroxyl groups is 1. The minimum Gasteiger partial charge on any atom is -0.481 e. The minimum absolute atomic E-state index is 0.0825. The standard InChI is InChI=1S/C20H32O4/c1-2-3-6-9-17(21)14-12-16-13-15-19(22)18(16)10-7-4-5-8-11-20(23)24/h3,6,12,14,16-18,21H,2,4-5,7-11,13,15H2,1H3,(H,23,24)/b6-3-,14-12+/t16-,17?,18+/m0/s1. The number of unbranched alkanes of at least 4 members (excludes halogenated alkanes) is 3. The molecule has 0 aromatic rings. The van der Waals surface area contributed by atoms with Gasteiger partial charge in [-0.1, -0.05) is 50.5 Å². The van der Waals surface area contributed by atoms with Gasteiger partial charge in [-0.05, 0) is 38.0 Å². The Morgan fingerprint density at radius 2 is 2.00 bits per heavy atom. The molecule has 4 nitrogen and oxygen atoms in total. The number of carbonyl (C=O) groups excluding carboxylic acids is 1. The molecule has 24 heavy (non-hydrogen) atoms. The molecule has 3 atom stereocenters. The Bertz CT molecular complexity index is 439. The zero-order valence-electron chi connectivity index (χ0n) is 14.8. The third kappa shape index (κ3) is 8.44. The topological polar surface area (TPSA) is 74.6 Å². The van der Waals surface area contributed by atoms with Crippen LogP contribution in [0.4, 0.5) is 0 Å². The highest BCUT2D eigenvalue weighted by Gasteiger charge is 2.32. The van der Waals surface area contributed by atoms with E-state index >= 15 is 0 Å². The molecule has 136 valence electrons. The summed E-state index contributed by atoms with van der Waals surface area (Å²) in [7, 11) is 0. The first-order valence-corrected chi connectivity index (χ1v) is 9.30. The molecule has 1 aliphatic carbocycles. The van der Waals surface area contributed by atoms with Crippen molar-refractivity contribution in [3.63, 3.8) is 0 Å². The Hall–Kier alpha value is -1.42. The number of rotatable bonds is 12. The van der Waals surface area contributed by atoms with Gasteiger partial charge in [-0.15, -0.1) is 0 Å². The van der Waals surface area contributed by atoms with Crippen LogP contribution in [-0.4, -0.2) is 28.1 Å². The highest BCUT2D eigenvalue weighted by Crippen LogP contribution is 2.34. The smallest absolute Gasteiger partial charge is 0.303 e. The van der Waals surface area contributed by atoms with E-state index in [0.717, 1.165) is 44.9 Å². The number of allylic oxidation sites excluding steroid dienone is 2. The van der Waals surface area contributed by atoms with Gasteiger partial charge in [0.05, 0.1) is 6.10 Å². The van der Waals surface area contributed by atoms with Crippen molar-refractivity contribution in [1.82, 2.24) is 0 Å². The summed E-state index contributed by atoms with van der Waals surface area (Å²) in [5, 5.41) is 18.5. The number of carbonyl (C=O) groups is 2. The Morgan fingerprint density at radius 1 is 1.25 bits per heavy atom. The van der Waals surface area contributed by atoms with Gasteiger partial charge in [-0.25, -0.2) is 0 Å². The van der Waals surface area contributed by atoms with Crippen molar-refractivity contribution in [2.45, 2.75) is 77.2 Å². The summed E-state index contributed by atoms with van der Waals surface area (Å²) in [5.41, 5.74) is 0. The van der Waals surface area contributed by atoms with Crippen molar-refractivity contribution in [3.8, 4) is 0 Å². The van der Waals surface area contributed by atoms with Crippen LogP contribution < -0.4 is 0 Å². The predicted molar refractivity (Wildman–Crippen MR) is 95.8 cm³/mol. The summed E-state index contributed by atoms with van der Waals surface area (Å²) in [4.78, 5) is 22.5. The van der Waals surface area contributed by atoms with Gasteiger partial charge in [0.15, 0.2) is 0 Å². The van der Waals surface area contributed by atoms with Gasteiger partial charge in [0.2, 0.25) is 0 Å². The van der Waals surface area contributed by atoms with Crippen molar-refractivity contribution in [3.05, 3.63) is 24.3 Å². The molecule has 0 aliphatic heterocycles. The molecule has 1 saturated carbocycles. The second kappa shape index (κ2) is 12.0. The number of aliphatic hydroxyl groups excluding tert-OH is 1. The lowest BCUT2D eigenvalue weighted by Gasteiger charge is -2.15. The highest BCUT2D eigenvalue weighted by atomic mass is 16.4. The number of ketones is 1. The van der Waals surface area contributed by atoms with Gasteiger partial charge in [-0.3, -0.25) is 9.59 Å². The monoisotopic (exact) mass is 336 g/mol. The highest BCUT2D eigenvalue weighted by molar-refractivity contribution is 5.83. The van der Waals surface area contributed by atoms with Crippen LogP contribution in [0.5, 0.6) is 0 Å². The van der Waals surface area contributed by atoms with Gasteiger partial charge in [0, 0.05) is 18.8 Å². The van der Waals surface area contributed by atoms with E-state index in [0.29, 0.717) is 18.6 Å². The van der Waals surface area contributed by atoms with E-state index in [1.54, 1.807) is 0 Å². The largest absolute Gasteiger partial charge is 0.481 e. The van der Waals surface area contributed by atoms with Crippen molar-refractivity contribution in [2.24, 2.45) is 11.8 Å². The van der Waals surface area contributed by atoms with Crippen molar-refractivity contribution in [2.75, 3.05) is 0 Å². The maximum atomic E-state index is 12.1. The molecule has 2 N–H and O–H groups in total. The lowest BCUT2D eigenvalue weighted by molar-refractivity contribution is -0.137. The van der Waals surface area contributed by atoms with Crippen molar-refractivity contribution >= 4 is 11.8 Å². The predicted octanol–water partition coefficient (Wildman–Crippen LogP) is 4.28. The first-order chi connectivity index (χ1) is 11.5. The number of Topliss-reactive ketones (excluding diaryl/α,β-unsaturated/α-hetero) is 1. The molecule has 1 rings (SSSR count). The molecular formula is C20H32O4. The average molecular weight is 336 g/mol. The van der Waals surface area contributed by atoms with Gasteiger partial charge in [-0.2, -0.15) is 0 Å². The third-order valence-corrected chi connectivity index (χ3v) is 4.67. The molecule has 0 bridgehead atoms. The van der Waals surface area contributed by atoms with E-state index in [1.165, 1.54) is 0 Å². The number of carboxylic acids is 1. The molecule has 0 aromatic carbocycles. The third-order valence-electron chi connectivity index (χ3n) is 4.67. The molecule has 4 heteroatoms. The quantitative estimate of drug-likeness (QED) is 0.412. The van der Waals surface area contributed by atoms with Crippen molar-refractivity contribution in [1.29, 1.82) is 0 Å². The molecule has 0 heterocycles. The Balaban J connectivity index is 2.32. The van der Waals surface area contributed by atoms with Crippen LogP contribution >= 0.6 is 0 Å². The second-order valence-corrected chi connectivity index (χ2v) is 6.69. The fourth-order valence-electron chi connectivity index (χ4n) is 3.29. The maximum Gasteiger partial charge on any atom is 0.303 e. The molecule has 0 saturated heterocycles. The zero-order valence-corrected chi connectivity index (χ0v) is 14.8. The summed E-state index contributed by atoms with van der Waals surface area (Å²) in [6.07, 6.45) is 15.3. The van der Waals surface area contributed by atoms with Crippen LogP contribution in [0.3, 0.4) is 0 Å². The fraction of sp³-hybridized carbons (Fsp3) is 0.700. The summed E-state index contributed by atoms with van der Waals surface area (Å²) >= 11 is 0. The number of aliphatic carboxylic acids is 1. The zero-order chi connectivity index (χ0) is 17.8. The molecular weight excluding hydrogens is 304 g/mol. The van der Waals surface area contributed by atoms with Crippen LogP contribution in [0.25, 0.3) is 0 Å². The summed E-state index contributed by atoms with van der Waals surface area (Å²) in [6.45, 7) is 2.06. The second-order valence-electron chi connectivity index (χ2n) is 6.69. The molecule has 1 unspecified atom stereocenters. The van der Waals surface area contributed by atoms with Crippen LogP contribution in [0.15, 0.2) is 24.3 Å². The van der Waals surface area contributed by atoms with E-state index in [9.17, 15) is 14.7 Å². The summed E-state index contributed by atoms with van der Waals surface area (Å²) in [5.74, 6) is -0.0607. The Morgan fingerprint density at radius 3 is 2.71 bits per heavy atom. The van der Waals surface area contributed by atoms with E-state index in [1.807, 2.05) is 24.3 Å². The van der Waals surface area contributed by atoms with Crippen molar-refractivity contribution < 1.29 is 19.8 Å². The SMILES string of the molecule is CC/C=C\CC(O)/C=C/[C@H]1CCC(=O)[C@@H]1CCCCCCC(=O)O. The van der Waals surface area contributed by atoms with Crippen LogP contribution in [0, 0.1) is 11.8 Å². The Labute approximate surface area is 145 Å². The number of carboxylic acid groups (broad SMARTS) is 1. The normalized spacial score (nSPS) is 22.7. The minimum atomic E-state index is -0.737. The molecule has 0 spiro atoms. The van der Waals surface area contributed by atoms with Crippen LogP contribution in [0.2, 0.25) is 0 Å². The van der Waals surface area contributed by atoms with Crippen LogP contribution in [0.1, 0.15) is 71.1 Å². The van der Waals surface area contributed by atoms with Gasteiger partial charge < -0.3 is 10.2 Å². The lowest BCUT2D eigenvalue weighted by Crippen LogP contribution is -2.14. The fourth-order valence-corrected chi connectivity index (χ4v) is 3.29. The lowest BCUT2D eigenvalue weighted by atomic mass is 9.89. The molecule has 0 amide bonds. The maximum absolute atomic E-state index is 12.1. The van der Waals surface area contributed by atoms with E-state index in [4.69, 9.17) is 5.11 Å². The number of hydrogen-bond donors (Lipinski definition) is 2. The summed E-state index contributed by atoms with van der Waals surface area (Å²) in [6, 6.07) is 0. The Kier molecular flexibility index (Phi) is 10.3. The summed E-state index contributed by atoms with van der Waals surface area (Å²) < 4.78 is 0. The van der Waals surface area contributed by atoms with Gasteiger partial charge >= 0.3 is 5.97 Å².